The Bertz CT molecular complexity index is 613. The van der Waals surface area contributed by atoms with Gasteiger partial charge in [-0.1, -0.05) is 24.3 Å². The zero-order valence-electron chi connectivity index (χ0n) is 13.0. The first kappa shape index (κ1) is 15.6. The normalized spacial score (nSPS) is 16.7. The molecule has 1 N–H and O–H groups in total. The number of rotatable bonds is 5. The number of hydrogen-bond donors (Lipinski definition) is 1. The minimum absolute atomic E-state index is 0.0484. The van der Waals surface area contributed by atoms with Crippen molar-refractivity contribution in [1.29, 1.82) is 0 Å². The molecule has 5 nitrogen and oxygen atoms in total. The number of carbonyl (C=O) groups is 1. The number of pyridine rings is 1. The lowest BCUT2D eigenvalue weighted by atomic mass is 10.1. The van der Waals surface area contributed by atoms with Crippen LogP contribution < -0.4 is 5.32 Å². The maximum absolute atomic E-state index is 12.3. The number of ether oxygens (including phenoxy) is 1. The first-order valence-electron chi connectivity index (χ1n) is 7.89. The van der Waals surface area contributed by atoms with Crippen LogP contribution in [-0.4, -0.2) is 48.6 Å². The molecule has 2 aromatic rings. The molecule has 1 aromatic heterocycles. The van der Waals surface area contributed by atoms with Gasteiger partial charge in [0.2, 0.25) is 0 Å². The molecule has 0 radical (unpaired) electrons. The van der Waals surface area contributed by atoms with Gasteiger partial charge < -0.3 is 10.1 Å². The quantitative estimate of drug-likeness (QED) is 0.916. The van der Waals surface area contributed by atoms with Crippen LogP contribution >= 0.6 is 0 Å². The molecule has 1 saturated heterocycles. The third-order valence-electron chi connectivity index (χ3n) is 4.05. The average Bonchev–Trinajstić information content (AvgIpc) is 2.64. The Hall–Kier alpha value is -2.24. The Balaban J connectivity index is 1.70. The van der Waals surface area contributed by atoms with E-state index in [1.54, 1.807) is 6.20 Å². The van der Waals surface area contributed by atoms with Crippen LogP contribution in [0.2, 0.25) is 0 Å². The number of benzene rings is 1. The monoisotopic (exact) mass is 311 g/mol. The molecule has 2 heterocycles. The van der Waals surface area contributed by atoms with Gasteiger partial charge in [0.1, 0.15) is 0 Å². The van der Waals surface area contributed by atoms with Gasteiger partial charge in [-0.05, 0) is 23.8 Å². The number of morpholine rings is 1. The van der Waals surface area contributed by atoms with Crippen LogP contribution in [0.4, 0.5) is 0 Å². The lowest BCUT2D eigenvalue weighted by Crippen LogP contribution is -2.43. The minimum Gasteiger partial charge on any atom is -0.379 e. The molecule has 0 bridgehead atoms. The molecule has 23 heavy (non-hydrogen) atoms. The summed E-state index contributed by atoms with van der Waals surface area (Å²) in [5, 5.41) is 3.05. The smallest absolute Gasteiger partial charge is 0.251 e. The second kappa shape index (κ2) is 7.85. The van der Waals surface area contributed by atoms with Crippen molar-refractivity contribution in [1.82, 2.24) is 15.2 Å². The summed E-state index contributed by atoms with van der Waals surface area (Å²) in [4.78, 5) is 18.8. The molecule has 0 saturated carbocycles. The third-order valence-corrected chi connectivity index (χ3v) is 4.05. The summed E-state index contributed by atoms with van der Waals surface area (Å²) < 4.78 is 5.44. The molecule has 1 aromatic carbocycles. The number of hydrogen-bond acceptors (Lipinski definition) is 4. The maximum Gasteiger partial charge on any atom is 0.251 e. The van der Waals surface area contributed by atoms with E-state index >= 15 is 0 Å². The Kier molecular flexibility index (Phi) is 5.34. The van der Waals surface area contributed by atoms with Crippen LogP contribution in [0.25, 0.3) is 0 Å². The SMILES string of the molecule is O=C(NC[C@H](c1cccnc1)N1CCOCC1)c1ccccc1. The lowest BCUT2D eigenvalue weighted by molar-refractivity contribution is 0.0161. The highest BCUT2D eigenvalue weighted by Gasteiger charge is 2.23. The van der Waals surface area contributed by atoms with Crippen molar-refractivity contribution in [3.05, 3.63) is 66.0 Å². The van der Waals surface area contributed by atoms with Gasteiger partial charge in [0.05, 0.1) is 19.3 Å². The highest BCUT2D eigenvalue weighted by atomic mass is 16.5. The Morgan fingerprint density at radius 1 is 1.17 bits per heavy atom. The molecule has 1 aliphatic heterocycles. The topological polar surface area (TPSA) is 54.5 Å². The van der Waals surface area contributed by atoms with E-state index < -0.39 is 0 Å². The summed E-state index contributed by atoms with van der Waals surface area (Å²) in [6.45, 7) is 3.73. The highest BCUT2D eigenvalue weighted by molar-refractivity contribution is 5.94. The molecule has 1 aliphatic rings. The van der Waals surface area contributed by atoms with E-state index in [1.807, 2.05) is 42.6 Å². The second-order valence-electron chi connectivity index (χ2n) is 5.53. The fourth-order valence-electron chi connectivity index (χ4n) is 2.80. The molecule has 1 atom stereocenters. The van der Waals surface area contributed by atoms with E-state index in [4.69, 9.17) is 4.74 Å². The first-order valence-corrected chi connectivity index (χ1v) is 7.89. The zero-order chi connectivity index (χ0) is 15.9. The van der Waals surface area contributed by atoms with Gasteiger partial charge in [-0.15, -0.1) is 0 Å². The fourth-order valence-corrected chi connectivity index (χ4v) is 2.80. The van der Waals surface area contributed by atoms with Crippen molar-refractivity contribution in [2.45, 2.75) is 6.04 Å². The van der Waals surface area contributed by atoms with E-state index in [9.17, 15) is 4.79 Å². The molecular formula is C18H21N3O2. The van der Waals surface area contributed by atoms with Gasteiger partial charge in [0, 0.05) is 37.6 Å². The zero-order valence-corrected chi connectivity index (χ0v) is 13.0. The number of nitrogens with zero attached hydrogens (tertiary/aromatic N) is 2. The van der Waals surface area contributed by atoms with E-state index in [1.165, 1.54) is 0 Å². The fraction of sp³-hybridized carbons (Fsp3) is 0.333. The summed E-state index contributed by atoms with van der Waals surface area (Å²) in [6.07, 6.45) is 3.64. The van der Waals surface area contributed by atoms with Crippen LogP contribution in [0.15, 0.2) is 54.9 Å². The Labute approximate surface area is 136 Å². The van der Waals surface area contributed by atoms with Gasteiger partial charge in [-0.3, -0.25) is 14.7 Å². The molecule has 1 fully saturated rings. The molecule has 0 unspecified atom stereocenters. The van der Waals surface area contributed by atoms with Crippen LogP contribution in [0.5, 0.6) is 0 Å². The molecule has 0 aliphatic carbocycles. The van der Waals surface area contributed by atoms with Crippen LogP contribution in [0.1, 0.15) is 22.0 Å². The van der Waals surface area contributed by atoms with Gasteiger partial charge >= 0.3 is 0 Å². The lowest BCUT2D eigenvalue weighted by Gasteiger charge is -2.34. The van der Waals surface area contributed by atoms with Gasteiger partial charge in [0.15, 0.2) is 0 Å². The van der Waals surface area contributed by atoms with E-state index in [-0.39, 0.29) is 11.9 Å². The van der Waals surface area contributed by atoms with E-state index in [0.717, 1.165) is 31.9 Å². The van der Waals surface area contributed by atoms with Crippen molar-refractivity contribution in [2.24, 2.45) is 0 Å². The molecule has 3 rings (SSSR count). The van der Waals surface area contributed by atoms with E-state index in [2.05, 4.69) is 21.3 Å². The van der Waals surface area contributed by atoms with Crippen molar-refractivity contribution < 1.29 is 9.53 Å². The summed E-state index contributed by atoms with van der Waals surface area (Å²) in [6, 6.07) is 13.4. The largest absolute Gasteiger partial charge is 0.379 e. The van der Waals surface area contributed by atoms with Crippen LogP contribution in [-0.2, 0) is 4.74 Å². The van der Waals surface area contributed by atoms with Crippen LogP contribution in [0, 0.1) is 0 Å². The number of aromatic nitrogens is 1. The minimum atomic E-state index is -0.0484. The molecule has 120 valence electrons. The highest BCUT2D eigenvalue weighted by Crippen LogP contribution is 2.20. The predicted octanol–water partition coefficient (Wildman–Crippen LogP) is 1.88. The number of carbonyl (C=O) groups excluding carboxylic acids is 1. The molecule has 0 spiro atoms. The number of amides is 1. The Morgan fingerprint density at radius 3 is 2.65 bits per heavy atom. The molecule has 1 amide bonds. The van der Waals surface area contributed by atoms with E-state index in [0.29, 0.717) is 12.1 Å². The van der Waals surface area contributed by atoms with Crippen molar-refractivity contribution in [3.63, 3.8) is 0 Å². The maximum atomic E-state index is 12.3. The summed E-state index contributed by atoms with van der Waals surface area (Å²) in [5.74, 6) is -0.0484. The Morgan fingerprint density at radius 2 is 1.96 bits per heavy atom. The standard InChI is InChI=1S/C18H21N3O2/c22-18(15-5-2-1-3-6-15)20-14-17(16-7-4-8-19-13-16)21-9-11-23-12-10-21/h1-8,13,17H,9-12,14H2,(H,20,22)/t17-/m1/s1. The summed E-state index contributed by atoms with van der Waals surface area (Å²) in [7, 11) is 0. The molecule has 5 heteroatoms. The first-order chi connectivity index (χ1) is 11.3. The third kappa shape index (κ3) is 4.15. The molecular weight excluding hydrogens is 290 g/mol. The van der Waals surface area contributed by atoms with Crippen LogP contribution in [0.3, 0.4) is 0 Å². The number of nitrogens with one attached hydrogen (secondary N) is 1. The predicted molar refractivity (Wildman–Crippen MR) is 88.1 cm³/mol. The van der Waals surface area contributed by atoms with Crippen molar-refractivity contribution in [3.8, 4) is 0 Å². The van der Waals surface area contributed by atoms with Gasteiger partial charge in [-0.25, -0.2) is 0 Å². The second-order valence-corrected chi connectivity index (χ2v) is 5.53. The van der Waals surface area contributed by atoms with Crippen molar-refractivity contribution >= 4 is 5.91 Å². The summed E-state index contributed by atoms with van der Waals surface area (Å²) >= 11 is 0. The summed E-state index contributed by atoms with van der Waals surface area (Å²) in [5.41, 5.74) is 1.79. The van der Waals surface area contributed by atoms with Crippen molar-refractivity contribution in [2.75, 3.05) is 32.8 Å². The van der Waals surface area contributed by atoms with Gasteiger partial charge in [-0.2, -0.15) is 0 Å². The van der Waals surface area contributed by atoms with Gasteiger partial charge in [0.25, 0.3) is 5.91 Å². The average molecular weight is 311 g/mol.